The largest absolute Gasteiger partial charge is 0.396 e. The van der Waals surface area contributed by atoms with Crippen LogP contribution in [0.4, 0.5) is 17.1 Å². The molecule has 2 aromatic carbocycles. The molecule has 0 unspecified atom stereocenters. The molecule has 0 saturated carbocycles. The number of carbonyl (C=O) groups is 2. The van der Waals surface area contributed by atoms with Gasteiger partial charge in [-0.15, -0.1) is 0 Å². The van der Waals surface area contributed by atoms with Crippen molar-refractivity contribution in [3.05, 3.63) is 99.9 Å². The van der Waals surface area contributed by atoms with E-state index in [0.717, 1.165) is 5.56 Å². The first-order chi connectivity index (χ1) is 14.9. The molecule has 0 aliphatic carbocycles. The number of amides is 2. The first-order valence-electron chi connectivity index (χ1n) is 9.22. The number of nitrogens with one attached hydrogen (secondary N) is 2. The fourth-order valence-corrected chi connectivity index (χ4v) is 2.62. The highest BCUT2D eigenvalue weighted by molar-refractivity contribution is 6.05. The third-order valence-corrected chi connectivity index (χ3v) is 4.31. The number of aromatic nitrogens is 1. The van der Waals surface area contributed by atoms with Crippen LogP contribution >= 0.6 is 0 Å². The summed E-state index contributed by atoms with van der Waals surface area (Å²) in [6.45, 7) is 0.280. The van der Waals surface area contributed by atoms with E-state index in [1.165, 1.54) is 30.6 Å². The normalized spacial score (nSPS) is 10.6. The Hall–Kier alpha value is -4.53. The number of benzene rings is 2. The topological polar surface area (TPSA) is 140 Å². The number of anilines is 2. The maximum Gasteiger partial charge on any atom is 0.269 e. The Kier molecular flexibility index (Phi) is 6.69. The van der Waals surface area contributed by atoms with Crippen LogP contribution < -0.4 is 16.4 Å². The average Bonchev–Trinajstić information content (AvgIpc) is 2.78. The Bertz CT molecular complexity index is 1130. The van der Waals surface area contributed by atoms with E-state index in [1.807, 2.05) is 0 Å². The number of rotatable bonds is 7. The van der Waals surface area contributed by atoms with E-state index in [-0.39, 0.29) is 24.0 Å². The standard InChI is InChI=1S/C22H19N5O4/c23-19-14-24-12-11-20(19)26-22(29)17-6-1-16(2-7-17)13-25-21(28)10-5-15-3-8-18(9-4-15)27(30)31/h1-12,14H,13,23H2,(H,25,28)(H,24,26,29)/b10-5+. The first-order valence-corrected chi connectivity index (χ1v) is 9.22. The van der Waals surface area contributed by atoms with Crippen LogP contribution in [-0.4, -0.2) is 21.7 Å². The fraction of sp³-hybridized carbons (Fsp3) is 0.0455. The van der Waals surface area contributed by atoms with Gasteiger partial charge >= 0.3 is 0 Å². The number of nitro groups is 1. The molecule has 4 N–H and O–H groups in total. The molecule has 9 heteroatoms. The molecular formula is C22H19N5O4. The van der Waals surface area contributed by atoms with E-state index in [0.29, 0.717) is 22.5 Å². The van der Waals surface area contributed by atoms with Gasteiger partial charge < -0.3 is 16.4 Å². The Morgan fingerprint density at radius 3 is 2.42 bits per heavy atom. The molecule has 31 heavy (non-hydrogen) atoms. The number of nitrogens with two attached hydrogens (primary N) is 1. The summed E-state index contributed by atoms with van der Waals surface area (Å²) in [4.78, 5) is 38.3. The van der Waals surface area contributed by atoms with Crippen molar-refractivity contribution in [2.75, 3.05) is 11.1 Å². The van der Waals surface area contributed by atoms with Crippen molar-refractivity contribution in [2.45, 2.75) is 6.54 Å². The molecule has 3 aromatic rings. The molecule has 9 nitrogen and oxygen atoms in total. The van der Waals surface area contributed by atoms with Crippen molar-refractivity contribution in [1.82, 2.24) is 10.3 Å². The zero-order valence-corrected chi connectivity index (χ0v) is 16.3. The molecule has 156 valence electrons. The van der Waals surface area contributed by atoms with E-state index in [4.69, 9.17) is 5.73 Å². The fourth-order valence-electron chi connectivity index (χ4n) is 2.62. The smallest absolute Gasteiger partial charge is 0.269 e. The molecule has 1 aromatic heterocycles. The summed E-state index contributed by atoms with van der Waals surface area (Å²) in [6.07, 6.45) is 5.91. The number of pyridine rings is 1. The van der Waals surface area contributed by atoms with Crippen molar-refractivity contribution < 1.29 is 14.5 Å². The van der Waals surface area contributed by atoms with Crippen LogP contribution in [0.25, 0.3) is 6.08 Å². The third-order valence-electron chi connectivity index (χ3n) is 4.31. The highest BCUT2D eigenvalue weighted by Gasteiger charge is 2.08. The van der Waals surface area contributed by atoms with Crippen LogP contribution in [0.5, 0.6) is 0 Å². The molecule has 3 rings (SSSR count). The summed E-state index contributed by atoms with van der Waals surface area (Å²) in [6, 6.07) is 14.3. The van der Waals surface area contributed by atoms with Gasteiger partial charge in [-0.1, -0.05) is 12.1 Å². The van der Waals surface area contributed by atoms with Crippen LogP contribution in [0.2, 0.25) is 0 Å². The molecule has 1 heterocycles. The zero-order chi connectivity index (χ0) is 22.2. The van der Waals surface area contributed by atoms with E-state index in [2.05, 4.69) is 15.6 Å². The van der Waals surface area contributed by atoms with Gasteiger partial charge in [-0.2, -0.15) is 0 Å². The summed E-state index contributed by atoms with van der Waals surface area (Å²) < 4.78 is 0. The number of nitro benzene ring substituents is 1. The van der Waals surface area contributed by atoms with E-state index in [9.17, 15) is 19.7 Å². The summed E-state index contributed by atoms with van der Waals surface area (Å²) in [7, 11) is 0. The van der Waals surface area contributed by atoms with Crippen molar-refractivity contribution in [3.63, 3.8) is 0 Å². The van der Waals surface area contributed by atoms with Crippen LogP contribution in [0.15, 0.2) is 73.1 Å². The number of nitrogen functional groups attached to an aromatic ring is 1. The molecule has 0 saturated heterocycles. The van der Waals surface area contributed by atoms with Crippen molar-refractivity contribution >= 4 is 35.0 Å². The Labute approximate surface area is 177 Å². The van der Waals surface area contributed by atoms with Crippen LogP contribution in [0.3, 0.4) is 0 Å². The lowest BCUT2D eigenvalue weighted by Crippen LogP contribution is -2.20. The van der Waals surface area contributed by atoms with Crippen molar-refractivity contribution in [1.29, 1.82) is 0 Å². The minimum absolute atomic E-state index is 0.0111. The number of nitrogens with zero attached hydrogens (tertiary/aromatic N) is 2. The summed E-state index contributed by atoms with van der Waals surface area (Å²) >= 11 is 0. The molecule has 0 atom stereocenters. The number of non-ortho nitro benzene ring substituents is 1. The quantitative estimate of drug-likeness (QED) is 0.306. The zero-order valence-electron chi connectivity index (χ0n) is 16.3. The van der Waals surface area contributed by atoms with E-state index < -0.39 is 4.92 Å². The lowest BCUT2D eigenvalue weighted by Gasteiger charge is -2.08. The second-order valence-corrected chi connectivity index (χ2v) is 6.51. The summed E-state index contributed by atoms with van der Waals surface area (Å²) in [5.41, 5.74) is 8.55. The Balaban J connectivity index is 1.51. The summed E-state index contributed by atoms with van der Waals surface area (Å²) in [5, 5.41) is 16.1. The molecule has 0 fully saturated rings. The van der Waals surface area contributed by atoms with Gasteiger partial charge in [0.1, 0.15) is 0 Å². The molecule has 0 spiro atoms. The third kappa shape index (κ3) is 5.97. The first kappa shape index (κ1) is 21.2. The number of hydrogen-bond donors (Lipinski definition) is 3. The maximum atomic E-state index is 12.3. The highest BCUT2D eigenvalue weighted by Crippen LogP contribution is 2.17. The van der Waals surface area contributed by atoms with Gasteiger partial charge in [-0.05, 0) is 47.5 Å². The lowest BCUT2D eigenvalue weighted by atomic mass is 10.1. The minimum atomic E-state index is -0.482. The van der Waals surface area contributed by atoms with E-state index >= 15 is 0 Å². The van der Waals surface area contributed by atoms with E-state index in [1.54, 1.807) is 48.5 Å². The molecule has 0 radical (unpaired) electrons. The molecule has 2 amide bonds. The summed E-state index contributed by atoms with van der Waals surface area (Å²) in [5.74, 6) is -0.618. The SMILES string of the molecule is Nc1cnccc1NC(=O)c1ccc(CNC(=O)/C=C/c2ccc([N+](=O)[O-])cc2)cc1. The van der Waals surface area contributed by atoms with Gasteiger partial charge in [0, 0.05) is 36.5 Å². The minimum Gasteiger partial charge on any atom is -0.396 e. The highest BCUT2D eigenvalue weighted by atomic mass is 16.6. The van der Waals surface area contributed by atoms with Gasteiger partial charge in [0.2, 0.25) is 5.91 Å². The Morgan fingerprint density at radius 1 is 1.06 bits per heavy atom. The van der Waals surface area contributed by atoms with Gasteiger partial charge in [0.25, 0.3) is 11.6 Å². The molecular weight excluding hydrogens is 398 g/mol. The molecule has 0 aliphatic rings. The average molecular weight is 417 g/mol. The van der Waals surface area contributed by atoms with Crippen molar-refractivity contribution in [3.8, 4) is 0 Å². The predicted molar refractivity (Wildman–Crippen MR) is 117 cm³/mol. The van der Waals surface area contributed by atoms with Crippen LogP contribution in [-0.2, 0) is 11.3 Å². The molecule has 0 aliphatic heterocycles. The second kappa shape index (κ2) is 9.79. The number of carbonyl (C=O) groups excluding carboxylic acids is 2. The monoisotopic (exact) mass is 417 g/mol. The van der Waals surface area contributed by atoms with Crippen LogP contribution in [0.1, 0.15) is 21.5 Å². The van der Waals surface area contributed by atoms with Gasteiger partial charge in [0.15, 0.2) is 0 Å². The second-order valence-electron chi connectivity index (χ2n) is 6.51. The van der Waals surface area contributed by atoms with Crippen molar-refractivity contribution in [2.24, 2.45) is 0 Å². The predicted octanol–water partition coefficient (Wildman–Crippen LogP) is 3.15. The van der Waals surface area contributed by atoms with Gasteiger partial charge in [-0.3, -0.25) is 24.7 Å². The van der Waals surface area contributed by atoms with Crippen LogP contribution in [0, 0.1) is 10.1 Å². The van der Waals surface area contributed by atoms with Gasteiger partial charge in [0.05, 0.1) is 22.5 Å². The maximum absolute atomic E-state index is 12.3. The lowest BCUT2D eigenvalue weighted by molar-refractivity contribution is -0.384. The Morgan fingerprint density at radius 2 is 1.77 bits per heavy atom. The van der Waals surface area contributed by atoms with Gasteiger partial charge in [-0.25, -0.2) is 0 Å². The number of hydrogen-bond acceptors (Lipinski definition) is 6. The molecule has 0 bridgehead atoms.